The highest BCUT2D eigenvalue weighted by Gasteiger charge is 2.00. The van der Waals surface area contributed by atoms with Gasteiger partial charge in [-0.25, -0.2) is 5.90 Å². The van der Waals surface area contributed by atoms with E-state index in [0.717, 1.165) is 25.0 Å². The monoisotopic (exact) mass is 195 g/mol. The van der Waals surface area contributed by atoms with Gasteiger partial charge < -0.3 is 9.57 Å². The maximum absolute atomic E-state index is 5.25. The van der Waals surface area contributed by atoms with Crippen molar-refractivity contribution in [2.45, 2.75) is 19.3 Å². The van der Waals surface area contributed by atoms with E-state index >= 15 is 0 Å². The molecule has 78 valence electrons. The first-order valence-electron chi connectivity index (χ1n) is 4.82. The van der Waals surface area contributed by atoms with Gasteiger partial charge in [-0.1, -0.05) is 18.2 Å². The van der Waals surface area contributed by atoms with Gasteiger partial charge >= 0.3 is 0 Å². The molecule has 0 aliphatic carbocycles. The first-order chi connectivity index (χ1) is 6.88. The summed E-state index contributed by atoms with van der Waals surface area (Å²) in [7, 11) is 1.70. The highest BCUT2D eigenvalue weighted by molar-refractivity contribution is 5.33. The fourth-order valence-corrected chi connectivity index (χ4v) is 1.41. The SMILES string of the molecule is COc1ccccc1CCCCON. The summed E-state index contributed by atoms with van der Waals surface area (Å²) in [4.78, 5) is 4.51. The van der Waals surface area contributed by atoms with E-state index in [0.29, 0.717) is 6.61 Å². The third-order valence-corrected chi connectivity index (χ3v) is 2.15. The highest BCUT2D eigenvalue weighted by atomic mass is 16.6. The average molecular weight is 195 g/mol. The van der Waals surface area contributed by atoms with Crippen LogP contribution in [0.4, 0.5) is 0 Å². The predicted molar refractivity (Wildman–Crippen MR) is 56.1 cm³/mol. The van der Waals surface area contributed by atoms with E-state index in [1.807, 2.05) is 18.2 Å². The van der Waals surface area contributed by atoms with Crippen LogP contribution in [0.1, 0.15) is 18.4 Å². The molecule has 3 nitrogen and oxygen atoms in total. The third-order valence-electron chi connectivity index (χ3n) is 2.15. The lowest BCUT2D eigenvalue weighted by atomic mass is 10.1. The Kier molecular flexibility index (Phi) is 5.04. The Morgan fingerprint density at radius 1 is 1.21 bits per heavy atom. The molecule has 0 saturated carbocycles. The average Bonchev–Trinajstić information content (AvgIpc) is 2.25. The number of benzene rings is 1. The van der Waals surface area contributed by atoms with Crippen molar-refractivity contribution < 1.29 is 9.57 Å². The van der Waals surface area contributed by atoms with Crippen molar-refractivity contribution >= 4 is 0 Å². The van der Waals surface area contributed by atoms with Gasteiger partial charge in [-0.2, -0.15) is 0 Å². The summed E-state index contributed by atoms with van der Waals surface area (Å²) >= 11 is 0. The Morgan fingerprint density at radius 3 is 2.71 bits per heavy atom. The van der Waals surface area contributed by atoms with E-state index in [2.05, 4.69) is 10.9 Å². The van der Waals surface area contributed by atoms with E-state index in [1.165, 1.54) is 5.56 Å². The van der Waals surface area contributed by atoms with Crippen LogP contribution < -0.4 is 10.6 Å². The Bertz CT molecular complexity index is 263. The number of unbranched alkanes of at least 4 members (excludes halogenated alkanes) is 1. The number of hydrogen-bond acceptors (Lipinski definition) is 3. The summed E-state index contributed by atoms with van der Waals surface area (Å²) in [6.07, 6.45) is 3.06. The van der Waals surface area contributed by atoms with Crippen molar-refractivity contribution in [2.75, 3.05) is 13.7 Å². The molecule has 1 aromatic rings. The van der Waals surface area contributed by atoms with Gasteiger partial charge in [0.2, 0.25) is 0 Å². The van der Waals surface area contributed by atoms with Gasteiger partial charge in [0.05, 0.1) is 13.7 Å². The first-order valence-corrected chi connectivity index (χ1v) is 4.82. The zero-order chi connectivity index (χ0) is 10.2. The molecule has 1 aromatic carbocycles. The molecule has 14 heavy (non-hydrogen) atoms. The number of para-hydroxylation sites is 1. The van der Waals surface area contributed by atoms with Crippen molar-refractivity contribution in [2.24, 2.45) is 5.90 Å². The first kappa shape index (κ1) is 11.0. The van der Waals surface area contributed by atoms with Gasteiger partial charge in [0.15, 0.2) is 0 Å². The molecular weight excluding hydrogens is 178 g/mol. The van der Waals surface area contributed by atoms with Gasteiger partial charge in [-0.15, -0.1) is 0 Å². The van der Waals surface area contributed by atoms with Crippen LogP contribution in [0, 0.1) is 0 Å². The normalized spacial score (nSPS) is 10.1. The molecule has 0 saturated heterocycles. The fourth-order valence-electron chi connectivity index (χ4n) is 1.41. The van der Waals surface area contributed by atoms with E-state index in [-0.39, 0.29) is 0 Å². The molecule has 0 unspecified atom stereocenters. The van der Waals surface area contributed by atoms with Crippen LogP contribution in [0.5, 0.6) is 5.75 Å². The van der Waals surface area contributed by atoms with Crippen molar-refractivity contribution in [1.82, 2.24) is 0 Å². The minimum Gasteiger partial charge on any atom is -0.496 e. The second-order valence-corrected chi connectivity index (χ2v) is 3.14. The molecule has 0 heterocycles. The molecule has 0 atom stereocenters. The van der Waals surface area contributed by atoms with Crippen molar-refractivity contribution in [3.05, 3.63) is 29.8 Å². The second kappa shape index (κ2) is 6.40. The van der Waals surface area contributed by atoms with Gasteiger partial charge in [-0.05, 0) is 30.9 Å². The number of methoxy groups -OCH3 is 1. The smallest absolute Gasteiger partial charge is 0.122 e. The lowest BCUT2D eigenvalue weighted by Gasteiger charge is -2.07. The van der Waals surface area contributed by atoms with Crippen LogP contribution >= 0.6 is 0 Å². The Hall–Kier alpha value is -1.06. The third kappa shape index (κ3) is 3.36. The summed E-state index contributed by atoms with van der Waals surface area (Å²) in [5, 5.41) is 0. The van der Waals surface area contributed by atoms with Crippen LogP contribution in [-0.2, 0) is 11.3 Å². The van der Waals surface area contributed by atoms with Gasteiger partial charge in [0.25, 0.3) is 0 Å². The van der Waals surface area contributed by atoms with Gasteiger partial charge in [0.1, 0.15) is 5.75 Å². The molecule has 0 aromatic heterocycles. The minimum absolute atomic E-state index is 0.620. The molecule has 0 bridgehead atoms. The van der Waals surface area contributed by atoms with Crippen molar-refractivity contribution in [1.29, 1.82) is 0 Å². The Labute approximate surface area is 84.8 Å². The lowest BCUT2D eigenvalue weighted by molar-refractivity contribution is 0.134. The summed E-state index contributed by atoms with van der Waals surface area (Å²) in [5.41, 5.74) is 1.24. The summed E-state index contributed by atoms with van der Waals surface area (Å²) < 4.78 is 5.25. The van der Waals surface area contributed by atoms with Crippen LogP contribution in [-0.4, -0.2) is 13.7 Å². The number of aryl methyl sites for hydroxylation is 1. The minimum atomic E-state index is 0.620. The number of ether oxygens (including phenoxy) is 1. The molecule has 2 N–H and O–H groups in total. The molecule has 1 rings (SSSR count). The van der Waals surface area contributed by atoms with Crippen LogP contribution in [0.25, 0.3) is 0 Å². The topological polar surface area (TPSA) is 44.5 Å². The molecule has 0 spiro atoms. The van der Waals surface area contributed by atoms with Crippen LogP contribution in [0.2, 0.25) is 0 Å². The quantitative estimate of drug-likeness (QED) is 0.557. The van der Waals surface area contributed by atoms with Crippen molar-refractivity contribution in [3.63, 3.8) is 0 Å². The number of rotatable bonds is 6. The Morgan fingerprint density at radius 2 is 2.00 bits per heavy atom. The van der Waals surface area contributed by atoms with E-state index < -0.39 is 0 Å². The van der Waals surface area contributed by atoms with Crippen LogP contribution in [0.15, 0.2) is 24.3 Å². The molecule has 0 aliphatic heterocycles. The predicted octanol–water partition coefficient (Wildman–Crippen LogP) is 1.91. The standard InChI is InChI=1S/C11H17NO2/c1-13-11-8-3-2-6-10(11)7-4-5-9-14-12/h2-3,6,8H,4-5,7,9,12H2,1H3. The fraction of sp³-hybridized carbons (Fsp3) is 0.455. The highest BCUT2D eigenvalue weighted by Crippen LogP contribution is 2.19. The van der Waals surface area contributed by atoms with Gasteiger partial charge in [0, 0.05) is 0 Å². The van der Waals surface area contributed by atoms with E-state index in [9.17, 15) is 0 Å². The second-order valence-electron chi connectivity index (χ2n) is 3.14. The lowest BCUT2D eigenvalue weighted by Crippen LogP contribution is -2.01. The molecule has 0 aliphatic rings. The largest absolute Gasteiger partial charge is 0.496 e. The molecule has 0 radical (unpaired) electrons. The van der Waals surface area contributed by atoms with Crippen molar-refractivity contribution in [3.8, 4) is 5.75 Å². The molecule has 0 amide bonds. The summed E-state index contributed by atoms with van der Waals surface area (Å²) in [6, 6.07) is 8.07. The van der Waals surface area contributed by atoms with E-state index in [4.69, 9.17) is 10.6 Å². The molecular formula is C11H17NO2. The zero-order valence-electron chi connectivity index (χ0n) is 8.53. The maximum atomic E-state index is 5.25. The van der Waals surface area contributed by atoms with Gasteiger partial charge in [-0.3, -0.25) is 0 Å². The van der Waals surface area contributed by atoms with Crippen LogP contribution in [0.3, 0.4) is 0 Å². The van der Waals surface area contributed by atoms with E-state index in [1.54, 1.807) is 7.11 Å². The summed E-state index contributed by atoms with van der Waals surface area (Å²) in [6.45, 7) is 0.620. The number of hydrogen-bond donors (Lipinski definition) is 1. The Balaban J connectivity index is 2.41. The molecule has 0 fully saturated rings. The molecule has 3 heteroatoms. The number of nitrogens with two attached hydrogens (primary N) is 1. The maximum Gasteiger partial charge on any atom is 0.122 e. The summed E-state index contributed by atoms with van der Waals surface area (Å²) in [5.74, 6) is 5.90. The zero-order valence-corrected chi connectivity index (χ0v) is 8.53.